The monoisotopic (exact) mass is 273 g/mol. The third kappa shape index (κ3) is 3.41. The molecule has 0 radical (unpaired) electrons. The lowest BCUT2D eigenvalue weighted by molar-refractivity contribution is 0.112. The Balaban J connectivity index is 2.07. The normalized spacial score (nSPS) is 10.1. The average molecular weight is 273 g/mol. The van der Waals surface area contributed by atoms with E-state index in [1.165, 1.54) is 0 Å². The summed E-state index contributed by atoms with van der Waals surface area (Å²) in [7, 11) is 3.63. The number of hydrogen-bond acceptors (Lipinski definition) is 7. The molecule has 0 amide bonds. The van der Waals surface area contributed by atoms with Crippen molar-refractivity contribution in [1.29, 1.82) is 0 Å². The van der Waals surface area contributed by atoms with Crippen LogP contribution in [0.3, 0.4) is 0 Å². The molecule has 2 aromatic rings. The van der Waals surface area contributed by atoms with Crippen molar-refractivity contribution in [3.05, 3.63) is 35.7 Å². The van der Waals surface area contributed by atoms with E-state index in [9.17, 15) is 4.79 Å². The fraction of sp³-hybridized carbons (Fsp3) is 0.231. The smallest absolute Gasteiger partial charge is 0.230 e. The molecule has 104 valence electrons. The van der Waals surface area contributed by atoms with Gasteiger partial charge < -0.3 is 15.4 Å². The Morgan fingerprint density at radius 3 is 2.50 bits per heavy atom. The molecule has 0 aliphatic carbocycles. The molecule has 2 rings (SSSR count). The molecule has 0 saturated heterocycles. The number of ether oxygens (including phenoxy) is 1. The second kappa shape index (κ2) is 5.96. The highest BCUT2D eigenvalue weighted by Gasteiger charge is 2.06. The number of nitrogens with zero attached hydrogens (tertiary/aromatic N) is 4. The van der Waals surface area contributed by atoms with Gasteiger partial charge in [0.2, 0.25) is 11.9 Å². The molecule has 0 aliphatic rings. The summed E-state index contributed by atoms with van der Waals surface area (Å²) in [5, 5.41) is 0. The molecule has 0 atom stereocenters. The van der Waals surface area contributed by atoms with Crippen LogP contribution in [0.4, 0.5) is 11.9 Å². The largest absolute Gasteiger partial charge is 0.486 e. The van der Waals surface area contributed by atoms with Gasteiger partial charge in [-0.3, -0.25) is 4.79 Å². The number of nitrogens with two attached hydrogens (primary N) is 1. The number of anilines is 2. The van der Waals surface area contributed by atoms with Crippen molar-refractivity contribution < 1.29 is 9.53 Å². The molecule has 20 heavy (non-hydrogen) atoms. The summed E-state index contributed by atoms with van der Waals surface area (Å²) >= 11 is 0. The first kappa shape index (κ1) is 13.7. The van der Waals surface area contributed by atoms with Crippen molar-refractivity contribution in [2.45, 2.75) is 6.61 Å². The number of nitrogen functional groups attached to an aromatic ring is 1. The maximum absolute atomic E-state index is 10.5. The summed E-state index contributed by atoms with van der Waals surface area (Å²) in [5.41, 5.74) is 6.21. The molecule has 1 heterocycles. The standard InChI is InChI=1S/C13H15N5O2/c1-18(2)13-16-11(15-12(14)17-13)8-20-10-5-3-9(7-19)4-6-10/h3-7H,8H2,1-2H3,(H2,14,15,16,17). The molecule has 1 aromatic carbocycles. The second-order valence-corrected chi connectivity index (χ2v) is 4.28. The van der Waals surface area contributed by atoms with Crippen LogP contribution in [0.25, 0.3) is 0 Å². The van der Waals surface area contributed by atoms with Gasteiger partial charge in [-0.2, -0.15) is 15.0 Å². The number of hydrogen-bond donors (Lipinski definition) is 1. The van der Waals surface area contributed by atoms with E-state index in [4.69, 9.17) is 10.5 Å². The van der Waals surface area contributed by atoms with Gasteiger partial charge in [-0.25, -0.2) is 0 Å². The molecule has 0 saturated carbocycles. The van der Waals surface area contributed by atoms with Crippen molar-refractivity contribution in [3.63, 3.8) is 0 Å². The fourth-order valence-electron chi connectivity index (χ4n) is 1.48. The van der Waals surface area contributed by atoms with Crippen LogP contribution in [-0.2, 0) is 6.61 Å². The molecule has 0 bridgehead atoms. The number of carbonyl (C=O) groups is 1. The van der Waals surface area contributed by atoms with Crippen molar-refractivity contribution in [1.82, 2.24) is 15.0 Å². The van der Waals surface area contributed by atoms with E-state index in [1.54, 1.807) is 29.2 Å². The van der Waals surface area contributed by atoms with Gasteiger partial charge in [-0.1, -0.05) is 0 Å². The fourth-order valence-corrected chi connectivity index (χ4v) is 1.48. The Morgan fingerprint density at radius 2 is 1.90 bits per heavy atom. The summed E-state index contributed by atoms with van der Waals surface area (Å²) < 4.78 is 5.54. The summed E-state index contributed by atoms with van der Waals surface area (Å²) in [6.45, 7) is 0.175. The summed E-state index contributed by atoms with van der Waals surface area (Å²) in [4.78, 5) is 24.5. The van der Waals surface area contributed by atoms with Crippen LogP contribution in [0, 0.1) is 0 Å². The minimum absolute atomic E-state index is 0.151. The predicted molar refractivity (Wildman–Crippen MR) is 74.7 cm³/mol. The lowest BCUT2D eigenvalue weighted by Crippen LogP contribution is -2.16. The highest BCUT2D eigenvalue weighted by atomic mass is 16.5. The maximum Gasteiger partial charge on any atom is 0.230 e. The first-order chi connectivity index (χ1) is 9.58. The van der Waals surface area contributed by atoms with Gasteiger partial charge in [-0.05, 0) is 24.3 Å². The van der Waals surface area contributed by atoms with E-state index in [0.717, 1.165) is 6.29 Å². The Bertz CT molecular complexity index is 598. The Kier molecular flexibility index (Phi) is 4.09. The lowest BCUT2D eigenvalue weighted by Gasteiger charge is -2.11. The lowest BCUT2D eigenvalue weighted by atomic mass is 10.2. The molecule has 1 aromatic heterocycles. The number of carbonyl (C=O) groups excluding carboxylic acids is 1. The summed E-state index contributed by atoms with van der Waals surface area (Å²) in [6.07, 6.45) is 0.778. The van der Waals surface area contributed by atoms with Gasteiger partial charge in [0.15, 0.2) is 5.82 Å². The van der Waals surface area contributed by atoms with Crippen molar-refractivity contribution in [2.75, 3.05) is 24.7 Å². The van der Waals surface area contributed by atoms with Gasteiger partial charge in [0.25, 0.3) is 0 Å². The van der Waals surface area contributed by atoms with Crippen LogP contribution >= 0.6 is 0 Å². The van der Waals surface area contributed by atoms with Crippen molar-refractivity contribution >= 4 is 18.2 Å². The predicted octanol–water partition coefficient (Wildman–Crippen LogP) is 0.911. The van der Waals surface area contributed by atoms with E-state index < -0.39 is 0 Å². The number of aromatic nitrogens is 3. The number of aldehydes is 1. The van der Waals surface area contributed by atoms with Crippen LogP contribution in [0.15, 0.2) is 24.3 Å². The SMILES string of the molecule is CN(C)c1nc(N)nc(COc2ccc(C=O)cc2)n1. The first-order valence-electron chi connectivity index (χ1n) is 5.94. The maximum atomic E-state index is 10.5. The molecule has 0 spiro atoms. The molecular formula is C13H15N5O2. The van der Waals surface area contributed by atoms with Gasteiger partial charge >= 0.3 is 0 Å². The van der Waals surface area contributed by atoms with Crippen LogP contribution in [-0.4, -0.2) is 35.3 Å². The van der Waals surface area contributed by atoms with Gasteiger partial charge in [0.05, 0.1) is 0 Å². The van der Waals surface area contributed by atoms with Crippen LogP contribution in [0.2, 0.25) is 0 Å². The topological polar surface area (TPSA) is 94.2 Å². The minimum Gasteiger partial charge on any atom is -0.486 e. The molecule has 0 unspecified atom stereocenters. The van der Waals surface area contributed by atoms with E-state index in [2.05, 4.69) is 15.0 Å². The third-order valence-corrected chi connectivity index (χ3v) is 2.47. The molecular weight excluding hydrogens is 258 g/mol. The van der Waals surface area contributed by atoms with Crippen molar-refractivity contribution in [3.8, 4) is 5.75 Å². The van der Waals surface area contributed by atoms with Gasteiger partial charge in [0, 0.05) is 19.7 Å². The molecule has 0 fully saturated rings. The first-order valence-corrected chi connectivity index (χ1v) is 5.94. The zero-order valence-electron chi connectivity index (χ0n) is 11.3. The van der Waals surface area contributed by atoms with E-state index in [-0.39, 0.29) is 12.6 Å². The Hall–Kier alpha value is -2.70. The molecule has 7 heteroatoms. The second-order valence-electron chi connectivity index (χ2n) is 4.28. The third-order valence-electron chi connectivity index (χ3n) is 2.47. The van der Waals surface area contributed by atoms with Gasteiger partial charge in [0.1, 0.15) is 18.6 Å². The molecule has 2 N–H and O–H groups in total. The zero-order valence-corrected chi connectivity index (χ0v) is 11.3. The molecule has 0 aliphatic heterocycles. The quantitative estimate of drug-likeness (QED) is 0.809. The number of benzene rings is 1. The highest BCUT2D eigenvalue weighted by molar-refractivity contribution is 5.74. The summed E-state index contributed by atoms with van der Waals surface area (Å²) in [6, 6.07) is 6.77. The molecule has 7 nitrogen and oxygen atoms in total. The van der Waals surface area contributed by atoms with Crippen LogP contribution in [0.5, 0.6) is 5.75 Å². The highest BCUT2D eigenvalue weighted by Crippen LogP contribution is 2.13. The van der Waals surface area contributed by atoms with Crippen LogP contribution < -0.4 is 15.4 Å². The van der Waals surface area contributed by atoms with Gasteiger partial charge in [-0.15, -0.1) is 0 Å². The van der Waals surface area contributed by atoms with Crippen molar-refractivity contribution in [2.24, 2.45) is 0 Å². The average Bonchev–Trinajstić information content (AvgIpc) is 2.45. The van der Waals surface area contributed by atoms with E-state index in [1.807, 2.05) is 14.1 Å². The Morgan fingerprint density at radius 1 is 1.20 bits per heavy atom. The van der Waals surface area contributed by atoms with E-state index >= 15 is 0 Å². The van der Waals surface area contributed by atoms with Crippen LogP contribution in [0.1, 0.15) is 16.2 Å². The van der Waals surface area contributed by atoms with E-state index in [0.29, 0.717) is 23.1 Å². The summed E-state index contributed by atoms with van der Waals surface area (Å²) in [5.74, 6) is 1.70. The minimum atomic E-state index is 0.151. The Labute approximate surface area is 116 Å². The number of rotatable bonds is 5. The zero-order chi connectivity index (χ0) is 14.5.